The molecule has 1 heterocycles. The first-order valence-corrected chi connectivity index (χ1v) is 3.10. The molecule has 1 N–H and O–H groups in total. The SMILES string of the molecule is CC(O)c1ncc(F)cc1F. The minimum absolute atomic E-state index is 0.133. The average Bonchev–Trinajstić information content (AvgIpc) is 1.85. The maximum absolute atomic E-state index is 12.6. The van der Waals surface area contributed by atoms with E-state index in [-0.39, 0.29) is 5.69 Å². The fourth-order valence-corrected chi connectivity index (χ4v) is 0.733. The lowest BCUT2D eigenvalue weighted by atomic mass is 10.2. The van der Waals surface area contributed by atoms with Gasteiger partial charge in [-0.3, -0.25) is 4.98 Å². The highest BCUT2D eigenvalue weighted by molar-refractivity contribution is 5.10. The molecule has 0 aliphatic heterocycles. The van der Waals surface area contributed by atoms with Crippen molar-refractivity contribution in [3.63, 3.8) is 0 Å². The van der Waals surface area contributed by atoms with E-state index >= 15 is 0 Å². The standard InChI is InChI=1S/C7H7F2NO/c1-4(11)7-6(9)2-5(8)3-10-7/h2-4,11H,1H3. The van der Waals surface area contributed by atoms with Gasteiger partial charge in [0.05, 0.1) is 12.3 Å². The van der Waals surface area contributed by atoms with Crippen molar-refractivity contribution >= 4 is 0 Å². The molecule has 4 heteroatoms. The Morgan fingerprint density at radius 3 is 2.64 bits per heavy atom. The highest BCUT2D eigenvalue weighted by Gasteiger charge is 2.09. The molecular formula is C7H7F2NO. The molecule has 0 spiro atoms. The molecule has 0 saturated carbocycles. The van der Waals surface area contributed by atoms with E-state index in [1.165, 1.54) is 6.92 Å². The van der Waals surface area contributed by atoms with Gasteiger partial charge in [0.1, 0.15) is 17.3 Å². The normalized spacial score (nSPS) is 13.1. The van der Waals surface area contributed by atoms with Crippen LogP contribution in [0.4, 0.5) is 8.78 Å². The topological polar surface area (TPSA) is 33.1 Å². The second kappa shape index (κ2) is 2.92. The van der Waals surface area contributed by atoms with Crippen molar-refractivity contribution in [1.82, 2.24) is 4.98 Å². The number of hydrogen-bond donors (Lipinski definition) is 1. The van der Waals surface area contributed by atoms with E-state index in [0.717, 1.165) is 6.20 Å². The fraction of sp³-hybridized carbons (Fsp3) is 0.286. The maximum Gasteiger partial charge on any atom is 0.150 e. The molecule has 60 valence electrons. The molecule has 0 fully saturated rings. The first-order chi connectivity index (χ1) is 5.11. The minimum Gasteiger partial charge on any atom is -0.387 e. The zero-order valence-electron chi connectivity index (χ0n) is 5.88. The van der Waals surface area contributed by atoms with Gasteiger partial charge in [-0.05, 0) is 6.92 Å². The number of nitrogens with zero attached hydrogens (tertiary/aromatic N) is 1. The van der Waals surface area contributed by atoms with Crippen LogP contribution in [0.1, 0.15) is 18.7 Å². The summed E-state index contributed by atoms with van der Waals surface area (Å²) in [6.07, 6.45) is -0.138. The second-order valence-corrected chi connectivity index (χ2v) is 2.20. The third kappa shape index (κ3) is 1.71. The van der Waals surface area contributed by atoms with E-state index in [9.17, 15) is 8.78 Å². The summed E-state index contributed by atoms with van der Waals surface area (Å²) in [5, 5.41) is 8.87. The van der Waals surface area contributed by atoms with Gasteiger partial charge in [-0.2, -0.15) is 0 Å². The number of halogens is 2. The van der Waals surface area contributed by atoms with E-state index in [2.05, 4.69) is 4.98 Å². The molecular weight excluding hydrogens is 152 g/mol. The van der Waals surface area contributed by atoms with Crippen LogP contribution in [-0.2, 0) is 0 Å². The van der Waals surface area contributed by atoms with Crippen molar-refractivity contribution in [2.75, 3.05) is 0 Å². The zero-order valence-corrected chi connectivity index (χ0v) is 5.88. The third-order valence-electron chi connectivity index (χ3n) is 1.23. The summed E-state index contributed by atoms with van der Waals surface area (Å²) < 4.78 is 24.9. The molecule has 1 unspecified atom stereocenters. The molecule has 11 heavy (non-hydrogen) atoms. The number of aliphatic hydroxyl groups excluding tert-OH is 1. The summed E-state index contributed by atoms with van der Waals surface area (Å²) in [5.74, 6) is -1.56. The number of aliphatic hydroxyl groups is 1. The number of pyridine rings is 1. The summed E-state index contributed by atoms with van der Waals surface area (Å²) in [5.41, 5.74) is -0.133. The second-order valence-electron chi connectivity index (χ2n) is 2.20. The van der Waals surface area contributed by atoms with Crippen LogP contribution in [0.15, 0.2) is 12.3 Å². The molecule has 1 rings (SSSR count). The Kier molecular flexibility index (Phi) is 2.14. The quantitative estimate of drug-likeness (QED) is 0.672. The third-order valence-corrected chi connectivity index (χ3v) is 1.23. The van der Waals surface area contributed by atoms with Crippen molar-refractivity contribution in [3.05, 3.63) is 29.6 Å². The van der Waals surface area contributed by atoms with Gasteiger partial charge in [-0.25, -0.2) is 8.78 Å². The number of aromatic nitrogens is 1. The summed E-state index contributed by atoms with van der Waals surface area (Å²) >= 11 is 0. The largest absolute Gasteiger partial charge is 0.387 e. The van der Waals surface area contributed by atoms with Gasteiger partial charge >= 0.3 is 0 Å². The lowest BCUT2D eigenvalue weighted by Crippen LogP contribution is -2.00. The lowest BCUT2D eigenvalue weighted by molar-refractivity contribution is 0.188. The van der Waals surface area contributed by atoms with E-state index in [0.29, 0.717) is 6.07 Å². The Morgan fingerprint density at radius 2 is 2.18 bits per heavy atom. The van der Waals surface area contributed by atoms with E-state index in [1.54, 1.807) is 0 Å². The zero-order chi connectivity index (χ0) is 8.43. The van der Waals surface area contributed by atoms with E-state index in [4.69, 9.17) is 5.11 Å². The molecule has 0 radical (unpaired) electrons. The Balaban J connectivity index is 3.09. The van der Waals surface area contributed by atoms with Gasteiger partial charge in [0, 0.05) is 6.07 Å². The number of hydrogen-bond acceptors (Lipinski definition) is 2. The van der Waals surface area contributed by atoms with E-state index < -0.39 is 17.7 Å². The van der Waals surface area contributed by atoms with Crippen LogP contribution in [0.5, 0.6) is 0 Å². The molecule has 1 atom stereocenters. The summed E-state index contributed by atoms with van der Waals surface area (Å²) in [4.78, 5) is 3.38. The average molecular weight is 159 g/mol. The van der Waals surface area contributed by atoms with Crippen LogP contribution in [0.3, 0.4) is 0 Å². The van der Waals surface area contributed by atoms with Crippen molar-refractivity contribution in [1.29, 1.82) is 0 Å². The van der Waals surface area contributed by atoms with Crippen LogP contribution < -0.4 is 0 Å². The summed E-state index contributed by atoms with van der Waals surface area (Å²) in [6, 6.07) is 0.690. The summed E-state index contributed by atoms with van der Waals surface area (Å²) in [7, 11) is 0. The van der Waals surface area contributed by atoms with Gasteiger partial charge in [0.25, 0.3) is 0 Å². The Hall–Kier alpha value is -1.03. The lowest BCUT2D eigenvalue weighted by Gasteiger charge is -2.03. The predicted octanol–water partition coefficient (Wildman–Crippen LogP) is 1.41. The smallest absolute Gasteiger partial charge is 0.150 e. The maximum atomic E-state index is 12.6. The molecule has 0 saturated heterocycles. The van der Waals surface area contributed by atoms with Crippen molar-refractivity contribution < 1.29 is 13.9 Å². The molecule has 0 amide bonds. The molecule has 1 aromatic heterocycles. The van der Waals surface area contributed by atoms with E-state index in [1.807, 2.05) is 0 Å². The highest BCUT2D eigenvalue weighted by Crippen LogP contribution is 2.13. The predicted molar refractivity (Wildman–Crippen MR) is 34.8 cm³/mol. The molecule has 0 aromatic carbocycles. The number of rotatable bonds is 1. The molecule has 0 aliphatic rings. The van der Waals surface area contributed by atoms with Gasteiger partial charge in [0.15, 0.2) is 0 Å². The van der Waals surface area contributed by atoms with Crippen LogP contribution in [0.2, 0.25) is 0 Å². The fourth-order valence-electron chi connectivity index (χ4n) is 0.733. The minimum atomic E-state index is -1.00. The Bertz CT molecular complexity index is 263. The monoisotopic (exact) mass is 159 g/mol. The van der Waals surface area contributed by atoms with Crippen molar-refractivity contribution in [3.8, 4) is 0 Å². The summed E-state index contributed by atoms with van der Waals surface area (Å²) in [6.45, 7) is 1.36. The van der Waals surface area contributed by atoms with Gasteiger partial charge in [-0.15, -0.1) is 0 Å². The Morgan fingerprint density at radius 1 is 1.55 bits per heavy atom. The van der Waals surface area contributed by atoms with Gasteiger partial charge in [0.2, 0.25) is 0 Å². The first kappa shape index (κ1) is 8.07. The van der Waals surface area contributed by atoms with Crippen molar-refractivity contribution in [2.24, 2.45) is 0 Å². The van der Waals surface area contributed by atoms with Crippen LogP contribution in [0, 0.1) is 11.6 Å². The first-order valence-electron chi connectivity index (χ1n) is 3.10. The van der Waals surface area contributed by atoms with Crippen LogP contribution in [0.25, 0.3) is 0 Å². The molecule has 1 aromatic rings. The Labute approximate surface area is 62.5 Å². The van der Waals surface area contributed by atoms with Gasteiger partial charge < -0.3 is 5.11 Å². The molecule has 0 aliphatic carbocycles. The van der Waals surface area contributed by atoms with Crippen LogP contribution in [-0.4, -0.2) is 10.1 Å². The molecule has 0 bridgehead atoms. The molecule has 2 nitrogen and oxygen atoms in total. The highest BCUT2D eigenvalue weighted by atomic mass is 19.1. The van der Waals surface area contributed by atoms with Gasteiger partial charge in [-0.1, -0.05) is 0 Å². The van der Waals surface area contributed by atoms with Crippen molar-refractivity contribution in [2.45, 2.75) is 13.0 Å². The van der Waals surface area contributed by atoms with Crippen LogP contribution >= 0.6 is 0 Å².